The van der Waals surface area contributed by atoms with Crippen LogP contribution in [-0.2, 0) is 6.54 Å². The Morgan fingerprint density at radius 3 is 2.67 bits per heavy atom. The summed E-state index contributed by atoms with van der Waals surface area (Å²) < 4.78 is 4.98. The van der Waals surface area contributed by atoms with Gasteiger partial charge >= 0.3 is 0 Å². The zero-order chi connectivity index (χ0) is 11.1. The predicted molar refractivity (Wildman–Crippen MR) is 63.1 cm³/mol. The maximum Gasteiger partial charge on any atom is 0.197 e. The Morgan fingerprint density at radius 1 is 1.33 bits per heavy atom. The lowest BCUT2D eigenvalue weighted by Crippen LogP contribution is -2.29. The minimum Gasteiger partial charge on any atom is -0.453 e. The highest BCUT2D eigenvalue weighted by Crippen LogP contribution is 2.15. The lowest BCUT2D eigenvalue weighted by atomic mass is 10.2. The van der Waals surface area contributed by atoms with Gasteiger partial charge in [0.2, 0.25) is 0 Å². The molecule has 3 nitrogen and oxygen atoms in total. The maximum atomic E-state index is 5.80. The van der Waals surface area contributed by atoms with Gasteiger partial charge in [-0.1, -0.05) is 13.8 Å². The summed E-state index contributed by atoms with van der Waals surface area (Å²) in [4.78, 5) is 0. The molecular weight excluding hydrogens is 212 g/mol. The molecule has 1 aromatic rings. The fourth-order valence-electron chi connectivity index (χ4n) is 1.24. The Labute approximate surface area is 96.2 Å². The van der Waals surface area contributed by atoms with Crippen molar-refractivity contribution in [1.29, 1.82) is 0 Å². The molecule has 86 valence electrons. The van der Waals surface area contributed by atoms with Gasteiger partial charge in [0.05, 0.1) is 6.26 Å². The van der Waals surface area contributed by atoms with Crippen LogP contribution in [0.15, 0.2) is 16.7 Å². The van der Waals surface area contributed by atoms with Gasteiger partial charge in [0.1, 0.15) is 0 Å². The SMILES string of the molecule is CC(C)CNCCNCc1ccoc1Cl. The Kier molecular flexibility index (Phi) is 5.76. The second kappa shape index (κ2) is 6.88. The van der Waals surface area contributed by atoms with Crippen LogP contribution < -0.4 is 10.6 Å². The number of nitrogens with one attached hydrogen (secondary N) is 2. The van der Waals surface area contributed by atoms with E-state index < -0.39 is 0 Å². The molecule has 0 aliphatic heterocycles. The summed E-state index contributed by atoms with van der Waals surface area (Å²) in [6, 6.07) is 1.89. The van der Waals surface area contributed by atoms with E-state index in [1.165, 1.54) is 0 Å². The van der Waals surface area contributed by atoms with E-state index in [2.05, 4.69) is 24.5 Å². The van der Waals surface area contributed by atoms with Crippen molar-refractivity contribution >= 4 is 11.6 Å². The third kappa shape index (κ3) is 5.21. The van der Waals surface area contributed by atoms with Crippen molar-refractivity contribution in [1.82, 2.24) is 10.6 Å². The molecule has 2 N–H and O–H groups in total. The average molecular weight is 231 g/mol. The Hall–Kier alpha value is -0.510. The summed E-state index contributed by atoms with van der Waals surface area (Å²) in [5, 5.41) is 7.14. The molecule has 0 fully saturated rings. The van der Waals surface area contributed by atoms with Crippen molar-refractivity contribution in [3.8, 4) is 0 Å². The van der Waals surface area contributed by atoms with Crippen LogP contribution in [0.1, 0.15) is 19.4 Å². The van der Waals surface area contributed by atoms with Gasteiger partial charge in [-0.2, -0.15) is 0 Å². The highest BCUT2D eigenvalue weighted by molar-refractivity contribution is 6.29. The standard InChI is InChI=1S/C11H19ClN2O/c1-9(2)7-13-4-5-14-8-10-3-6-15-11(10)12/h3,6,9,13-14H,4-5,7-8H2,1-2H3. The molecule has 4 heteroatoms. The summed E-state index contributed by atoms with van der Waals surface area (Å²) in [7, 11) is 0. The van der Waals surface area contributed by atoms with Gasteiger partial charge in [-0.15, -0.1) is 0 Å². The van der Waals surface area contributed by atoms with Crippen molar-refractivity contribution in [3.63, 3.8) is 0 Å². The zero-order valence-corrected chi connectivity index (χ0v) is 10.1. The van der Waals surface area contributed by atoms with Crippen LogP contribution in [0, 0.1) is 5.92 Å². The first-order valence-corrected chi connectivity index (χ1v) is 5.71. The van der Waals surface area contributed by atoms with Crippen LogP contribution in [0.25, 0.3) is 0 Å². The van der Waals surface area contributed by atoms with E-state index in [1.807, 2.05) is 6.07 Å². The van der Waals surface area contributed by atoms with Gasteiger partial charge in [0.15, 0.2) is 5.22 Å². The average Bonchev–Trinajstić information content (AvgIpc) is 2.57. The third-order valence-electron chi connectivity index (χ3n) is 2.04. The minimum absolute atomic E-state index is 0.484. The van der Waals surface area contributed by atoms with Crippen LogP contribution >= 0.6 is 11.6 Å². The third-order valence-corrected chi connectivity index (χ3v) is 2.37. The Morgan fingerprint density at radius 2 is 2.07 bits per heavy atom. The predicted octanol–water partition coefficient (Wildman–Crippen LogP) is 2.27. The number of hydrogen-bond donors (Lipinski definition) is 2. The molecule has 0 bridgehead atoms. The monoisotopic (exact) mass is 230 g/mol. The van der Waals surface area contributed by atoms with E-state index in [0.29, 0.717) is 11.1 Å². The van der Waals surface area contributed by atoms with Gasteiger partial charge in [-0.25, -0.2) is 0 Å². The molecule has 0 aromatic carbocycles. The topological polar surface area (TPSA) is 37.2 Å². The second-order valence-corrected chi connectivity index (χ2v) is 4.34. The molecule has 0 aliphatic carbocycles. The number of furan rings is 1. The molecule has 1 aromatic heterocycles. The highest BCUT2D eigenvalue weighted by Gasteiger charge is 2.01. The smallest absolute Gasteiger partial charge is 0.197 e. The first-order chi connectivity index (χ1) is 7.20. The molecule has 0 saturated carbocycles. The molecule has 15 heavy (non-hydrogen) atoms. The molecule has 0 spiro atoms. The van der Waals surface area contributed by atoms with Gasteiger partial charge in [-0.05, 0) is 30.1 Å². The number of rotatable bonds is 7. The summed E-state index contributed by atoms with van der Waals surface area (Å²) in [5.74, 6) is 0.702. The van der Waals surface area contributed by atoms with E-state index in [9.17, 15) is 0 Å². The quantitative estimate of drug-likeness (QED) is 0.706. The van der Waals surface area contributed by atoms with Crippen LogP contribution in [0.3, 0.4) is 0 Å². The first-order valence-electron chi connectivity index (χ1n) is 5.33. The molecular formula is C11H19ClN2O. The van der Waals surface area contributed by atoms with Crippen LogP contribution in [0.4, 0.5) is 0 Å². The van der Waals surface area contributed by atoms with Crippen molar-refractivity contribution in [2.24, 2.45) is 5.92 Å². The van der Waals surface area contributed by atoms with E-state index in [-0.39, 0.29) is 0 Å². The lowest BCUT2D eigenvalue weighted by molar-refractivity contribution is 0.532. The Balaban J connectivity index is 2.00. The van der Waals surface area contributed by atoms with Crippen LogP contribution in [0.5, 0.6) is 0 Å². The molecule has 0 unspecified atom stereocenters. The number of hydrogen-bond acceptors (Lipinski definition) is 3. The van der Waals surface area contributed by atoms with Crippen molar-refractivity contribution in [2.75, 3.05) is 19.6 Å². The zero-order valence-electron chi connectivity index (χ0n) is 9.35. The lowest BCUT2D eigenvalue weighted by Gasteiger charge is -2.07. The van der Waals surface area contributed by atoms with Gasteiger partial charge in [0, 0.05) is 25.2 Å². The molecule has 1 rings (SSSR count). The van der Waals surface area contributed by atoms with Crippen molar-refractivity contribution < 1.29 is 4.42 Å². The first kappa shape index (κ1) is 12.6. The number of halogens is 1. The summed E-state index contributed by atoms with van der Waals surface area (Å²) in [6.45, 7) is 8.14. The molecule has 1 heterocycles. The minimum atomic E-state index is 0.484. The molecule has 0 aliphatic rings. The van der Waals surface area contributed by atoms with E-state index >= 15 is 0 Å². The largest absolute Gasteiger partial charge is 0.453 e. The van der Waals surface area contributed by atoms with Crippen molar-refractivity contribution in [3.05, 3.63) is 23.1 Å². The van der Waals surface area contributed by atoms with Crippen LogP contribution in [0.2, 0.25) is 5.22 Å². The second-order valence-electron chi connectivity index (χ2n) is 3.99. The molecule has 0 radical (unpaired) electrons. The Bertz CT molecular complexity index is 273. The van der Waals surface area contributed by atoms with Gasteiger partial charge < -0.3 is 15.1 Å². The van der Waals surface area contributed by atoms with Gasteiger partial charge in [-0.3, -0.25) is 0 Å². The van der Waals surface area contributed by atoms with E-state index in [0.717, 1.165) is 31.7 Å². The van der Waals surface area contributed by atoms with Crippen molar-refractivity contribution in [2.45, 2.75) is 20.4 Å². The maximum absolute atomic E-state index is 5.80. The fourth-order valence-corrected chi connectivity index (χ4v) is 1.42. The summed E-state index contributed by atoms with van der Waals surface area (Å²) in [6.07, 6.45) is 1.61. The fraction of sp³-hybridized carbons (Fsp3) is 0.636. The van der Waals surface area contributed by atoms with E-state index in [4.69, 9.17) is 16.0 Å². The van der Waals surface area contributed by atoms with Crippen LogP contribution in [-0.4, -0.2) is 19.6 Å². The normalized spacial score (nSPS) is 11.2. The van der Waals surface area contributed by atoms with E-state index in [1.54, 1.807) is 6.26 Å². The molecule has 0 atom stereocenters. The molecule has 0 amide bonds. The highest BCUT2D eigenvalue weighted by atomic mass is 35.5. The van der Waals surface area contributed by atoms with Gasteiger partial charge in [0.25, 0.3) is 0 Å². The molecule has 0 saturated heterocycles. The summed E-state index contributed by atoms with van der Waals surface area (Å²) in [5.41, 5.74) is 1.01. The summed E-state index contributed by atoms with van der Waals surface area (Å²) >= 11 is 5.80.